The molecule has 0 spiro atoms. The van der Waals surface area contributed by atoms with Gasteiger partial charge < -0.3 is 4.74 Å². The molecule has 1 aromatic heterocycles. The minimum Gasteiger partial charge on any atom is -0.459 e. The van der Waals surface area contributed by atoms with Gasteiger partial charge in [-0.3, -0.25) is 5.32 Å². The fourth-order valence-electron chi connectivity index (χ4n) is 1.59. The van der Waals surface area contributed by atoms with Crippen LogP contribution in [-0.4, -0.2) is 17.6 Å². The van der Waals surface area contributed by atoms with E-state index in [1.807, 2.05) is 32.2 Å². The third kappa shape index (κ3) is 4.07. The Morgan fingerprint density at radius 1 is 1.56 bits per heavy atom. The van der Waals surface area contributed by atoms with Crippen molar-refractivity contribution in [3.8, 4) is 0 Å². The number of rotatable bonds is 4. The lowest BCUT2D eigenvalue weighted by molar-refractivity contribution is -0.157. The van der Waals surface area contributed by atoms with Crippen molar-refractivity contribution in [1.82, 2.24) is 5.32 Å². The standard InChI is InChI=1S/C13H18BrNO2S/c1-13(2,3)17-12(16)11(15-9-4-5-9)10-6-8(14)7-18-10/h6-7,9,11,15H,4-5H2,1-3H3. The van der Waals surface area contributed by atoms with Crippen molar-refractivity contribution in [2.45, 2.75) is 51.3 Å². The van der Waals surface area contributed by atoms with E-state index in [0.29, 0.717) is 6.04 Å². The Hall–Kier alpha value is -0.390. The van der Waals surface area contributed by atoms with E-state index in [1.54, 1.807) is 11.3 Å². The maximum absolute atomic E-state index is 12.2. The molecule has 0 radical (unpaired) electrons. The largest absolute Gasteiger partial charge is 0.459 e. The van der Waals surface area contributed by atoms with Crippen molar-refractivity contribution in [2.24, 2.45) is 0 Å². The van der Waals surface area contributed by atoms with Gasteiger partial charge in [0.25, 0.3) is 0 Å². The summed E-state index contributed by atoms with van der Waals surface area (Å²) in [6, 6.07) is 2.10. The average molecular weight is 332 g/mol. The van der Waals surface area contributed by atoms with E-state index in [2.05, 4.69) is 21.2 Å². The van der Waals surface area contributed by atoms with Crippen LogP contribution in [0.4, 0.5) is 0 Å². The molecule has 2 rings (SSSR count). The third-order valence-electron chi connectivity index (χ3n) is 2.49. The lowest BCUT2D eigenvalue weighted by atomic mass is 10.1. The van der Waals surface area contributed by atoms with Gasteiger partial charge in [-0.25, -0.2) is 4.79 Å². The Morgan fingerprint density at radius 3 is 2.67 bits per heavy atom. The van der Waals surface area contributed by atoms with E-state index >= 15 is 0 Å². The number of carbonyl (C=O) groups excluding carboxylic acids is 1. The van der Waals surface area contributed by atoms with Crippen LogP contribution >= 0.6 is 27.3 Å². The summed E-state index contributed by atoms with van der Waals surface area (Å²) in [5.41, 5.74) is -0.449. The Bertz CT molecular complexity index is 434. The lowest BCUT2D eigenvalue weighted by Crippen LogP contribution is -2.35. The predicted octanol–water partition coefficient (Wildman–Crippen LogP) is 3.65. The van der Waals surface area contributed by atoms with Crippen molar-refractivity contribution in [2.75, 3.05) is 0 Å². The summed E-state index contributed by atoms with van der Waals surface area (Å²) >= 11 is 4.99. The normalized spacial score (nSPS) is 17.6. The van der Waals surface area contributed by atoms with Gasteiger partial charge in [0, 0.05) is 20.8 Å². The first-order chi connectivity index (χ1) is 8.35. The molecule has 18 heavy (non-hydrogen) atoms. The second-order valence-electron chi connectivity index (χ2n) is 5.57. The van der Waals surface area contributed by atoms with Crippen LogP contribution < -0.4 is 5.32 Å². The first-order valence-corrected chi connectivity index (χ1v) is 7.75. The van der Waals surface area contributed by atoms with Crippen molar-refractivity contribution in [3.05, 3.63) is 20.8 Å². The Morgan fingerprint density at radius 2 is 2.22 bits per heavy atom. The number of thiophene rings is 1. The third-order valence-corrected chi connectivity index (χ3v) is 4.25. The van der Waals surface area contributed by atoms with Crippen LogP contribution in [0.1, 0.15) is 44.5 Å². The van der Waals surface area contributed by atoms with Crippen LogP contribution in [0.15, 0.2) is 15.9 Å². The van der Waals surface area contributed by atoms with Crippen LogP contribution in [0, 0.1) is 0 Å². The summed E-state index contributed by atoms with van der Waals surface area (Å²) in [4.78, 5) is 13.2. The zero-order valence-corrected chi connectivity index (χ0v) is 13.2. The molecular formula is C13H18BrNO2S. The molecule has 1 aromatic rings. The van der Waals surface area contributed by atoms with Gasteiger partial charge >= 0.3 is 5.97 Å². The summed E-state index contributed by atoms with van der Waals surface area (Å²) in [6.45, 7) is 5.68. The highest BCUT2D eigenvalue weighted by molar-refractivity contribution is 9.10. The number of hydrogen-bond donors (Lipinski definition) is 1. The zero-order valence-electron chi connectivity index (χ0n) is 10.8. The van der Waals surface area contributed by atoms with Crippen molar-refractivity contribution in [1.29, 1.82) is 0 Å². The lowest BCUT2D eigenvalue weighted by Gasteiger charge is -2.24. The molecule has 1 unspecified atom stereocenters. The Balaban J connectivity index is 2.11. The number of nitrogens with one attached hydrogen (secondary N) is 1. The number of carbonyl (C=O) groups is 1. The SMILES string of the molecule is CC(C)(C)OC(=O)C(NC1CC1)c1cc(Br)cs1. The van der Waals surface area contributed by atoms with Crippen LogP contribution in [-0.2, 0) is 9.53 Å². The second-order valence-corrected chi connectivity index (χ2v) is 7.43. The number of esters is 1. The molecule has 5 heteroatoms. The maximum atomic E-state index is 12.2. The van der Waals surface area contributed by atoms with Crippen LogP contribution in [0.3, 0.4) is 0 Å². The molecule has 1 heterocycles. The number of hydrogen-bond acceptors (Lipinski definition) is 4. The van der Waals surface area contributed by atoms with Gasteiger partial charge in [0.15, 0.2) is 0 Å². The quantitative estimate of drug-likeness (QED) is 0.856. The van der Waals surface area contributed by atoms with E-state index in [0.717, 1.165) is 22.2 Å². The fraction of sp³-hybridized carbons (Fsp3) is 0.615. The van der Waals surface area contributed by atoms with Gasteiger partial charge in [0.05, 0.1) is 0 Å². The monoisotopic (exact) mass is 331 g/mol. The minimum absolute atomic E-state index is 0.191. The molecule has 1 atom stereocenters. The van der Waals surface area contributed by atoms with E-state index in [9.17, 15) is 4.79 Å². The van der Waals surface area contributed by atoms with Gasteiger partial charge in [0.1, 0.15) is 11.6 Å². The highest BCUT2D eigenvalue weighted by Gasteiger charge is 2.33. The van der Waals surface area contributed by atoms with Crippen molar-refractivity contribution >= 4 is 33.2 Å². The van der Waals surface area contributed by atoms with Crippen LogP contribution in [0.25, 0.3) is 0 Å². The molecule has 1 aliphatic carbocycles. The molecule has 100 valence electrons. The molecule has 0 aromatic carbocycles. The molecule has 1 N–H and O–H groups in total. The summed E-state index contributed by atoms with van der Waals surface area (Å²) in [7, 11) is 0. The van der Waals surface area contributed by atoms with E-state index < -0.39 is 5.60 Å². The number of halogens is 1. The first-order valence-electron chi connectivity index (χ1n) is 6.08. The van der Waals surface area contributed by atoms with E-state index in [4.69, 9.17) is 4.74 Å². The van der Waals surface area contributed by atoms with Gasteiger partial charge in [-0.15, -0.1) is 11.3 Å². The highest BCUT2D eigenvalue weighted by Crippen LogP contribution is 2.31. The molecule has 1 fully saturated rings. The van der Waals surface area contributed by atoms with Crippen LogP contribution in [0.5, 0.6) is 0 Å². The number of ether oxygens (including phenoxy) is 1. The topological polar surface area (TPSA) is 38.3 Å². The van der Waals surface area contributed by atoms with Crippen molar-refractivity contribution in [3.63, 3.8) is 0 Å². The van der Waals surface area contributed by atoms with Gasteiger partial charge in [0.2, 0.25) is 0 Å². The molecule has 1 aliphatic rings. The molecule has 0 saturated heterocycles. The van der Waals surface area contributed by atoms with E-state index in [1.165, 1.54) is 0 Å². The second kappa shape index (κ2) is 5.31. The average Bonchev–Trinajstić information content (AvgIpc) is 2.94. The Kier molecular flexibility index (Phi) is 4.14. The summed E-state index contributed by atoms with van der Waals surface area (Å²) in [6.07, 6.45) is 2.29. The summed E-state index contributed by atoms with van der Waals surface area (Å²) < 4.78 is 6.49. The van der Waals surface area contributed by atoms with Gasteiger partial charge in [-0.2, -0.15) is 0 Å². The summed E-state index contributed by atoms with van der Waals surface area (Å²) in [5.74, 6) is -0.191. The molecule has 0 aliphatic heterocycles. The maximum Gasteiger partial charge on any atom is 0.329 e. The molecule has 3 nitrogen and oxygen atoms in total. The molecule has 0 bridgehead atoms. The molecule has 0 amide bonds. The minimum atomic E-state index is -0.449. The van der Waals surface area contributed by atoms with Crippen LogP contribution in [0.2, 0.25) is 0 Å². The molecule has 1 saturated carbocycles. The fourth-order valence-corrected chi connectivity index (χ4v) is 3.08. The van der Waals surface area contributed by atoms with Gasteiger partial charge in [-0.1, -0.05) is 0 Å². The zero-order chi connectivity index (χ0) is 13.3. The predicted molar refractivity (Wildman–Crippen MR) is 76.8 cm³/mol. The van der Waals surface area contributed by atoms with Crippen molar-refractivity contribution < 1.29 is 9.53 Å². The Labute approximate surface area is 120 Å². The highest BCUT2D eigenvalue weighted by atomic mass is 79.9. The smallest absolute Gasteiger partial charge is 0.329 e. The molecular weight excluding hydrogens is 314 g/mol. The summed E-state index contributed by atoms with van der Waals surface area (Å²) in [5, 5.41) is 5.35. The van der Waals surface area contributed by atoms with Gasteiger partial charge in [-0.05, 0) is 55.6 Å². The first kappa shape index (κ1) is 14.0. The van der Waals surface area contributed by atoms with E-state index in [-0.39, 0.29) is 12.0 Å².